The van der Waals surface area contributed by atoms with E-state index < -0.39 is 6.03 Å². The molecule has 0 fully saturated rings. The van der Waals surface area contributed by atoms with Crippen LogP contribution in [-0.4, -0.2) is 18.3 Å². The highest BCUT2D eigenvalue weighted by atomic mass is 16.5. The maximum Gasteiger partial charge on any atom is 0.338 e. The zero-order chi connectivity index (χ0) is 13.8. The third-order valence-electron chi connectivity index (χ3n) is 3.02. The van der Waals surface area contributed by atoms with Crippen LogP contribution in [-0.2, 0) is 0 Å². The fourth-order valence-corrected chi connectivity index (χ4v) is 1.95. The molecule has 1 atom stereocenters. The summed E-state index contributed by atoms with van der Waals surface area (Å²) in [6.45, 7) is 1.85. The van der Waals surface area contributed by atoms with E-state index >= 15 is 0 Å². The van der Waals surface area contributed by atoms with Crippen molar-refractivity contribution in [1.82, 2.24) is 10.8 Å². The number of hydroxylamine groups is 1. The number of fused-ring (bicyclic) bond motifs is 1. The first kappa shape index (κ1) is 13.2. The van der Waals surface area contributed by atoms with Crippen LogP contribution in [0.15, 0.2) is 36.4 Å². The third-order valence-corrected chi connectivity index (χ3v) is 3.02. The normalized spacial score (nSPS) is 11.9. The molecule has 0 aromatic heterocycles. The molecule has 2 aromatic carbocycles. The molecule has 0 radical (unpaired) electrons. The fraction of sp³-hybridized carbons (Fsp3) is 0.214. The molecule has 19 heavy (non-hydrogen) atoms. The number of rotatable bonds is 3. The first-order chi connectivity index (χ1) is 9.13. The quantitative estimate of drug-likeness (QED) is 0.587. The molecule has 5 nitrogen and oxygen atoms in total. The van der Waals surface area contributed by atoms with E-state index in [1.54, 1.807) is 12.6 Å². The Bertz CT molecular complexity index is 598. The van der Waals surface area contributed by atoms with Crippen LogP contribution in [0, 0.1) is 0 Å². The number of nitrogens with one attached hydrogen (secondary N) is 2. The molecule has 0 saturated heterocycles. The molecule has 2 amide bonds. The largest absolute Gasteiger partial charge is 0.497 e. The van der Waals surface area contributed by atoms with Crippen molar-refractivity contribution in [1.29, 1.82) is 0 Å². The predicted octanol–water partition coefficient (Wildman–Crippen LogP) is 2.60. The Kier molecular flexibility index (Phi) is 3.87. The summed E-state index contributed by atoms with van der Waals surface area (Å²) in [5.74, 6) is 0.811. The van der Waals surface area contributed by atoms with Crippen LogP contribution < -0.4 is 15.5 Å². The van der Waals surface area contributed by atoms with Gasteiger partial charge in [-0.05, 0) is 41.5 Å². The topological polar surface area (TPSA) is 70.6 Å². The zero-order valence-corrected chi connectivity index (χ0v) is 10.8. The lowest BCUT2D eigenvalue weighted by Crippen LogP contribution is -2.34. The van der Waals surface area contributed by atoms with E-state index in [4.69, 9.17) is 9.94 Å². The number of hydrogen-bond donors (Lipinski definition) is 3. The Labute approximate surface area is 111 Å². The first-order valence-electron chi connectivity index (χ1n) is 5.92. The lowest BCUT2D eigenvalue weighted by atomic mass is 10.0. The van der Waals surface area contributed by atoms with Gasteiger partial charge in [0.1, 0.15) is 5.75 Å². The highest BCUT2D eigenvalue weighted by molar-refractivity contribution is 5.84. The predicted molar refractivity (Wildman–Crippen MR) is 72.4 cm³/mol. The van der Waals surface area contributed by atoms with Gasteiger partial charge in [-0.15, -0.1) is 0 Å². The van der Waals surface area contributed by atoms with Crippen molar-refractivity contribution < 1.29 is 14.7 Å². The Morgan fingerprint density at radius 2 is 1.89 bits per heavy atom. The van der Waals surface area contributed by atoms with Gasteiger partial charge in [0.25, 0.3) is 0 Å². The minimum absolute atomic E-state index is 0.196. The molecule has 0 aliphatic heterocycles. The smallest absolute Gasteiger partial charge is 0.338 e. The number of ether oxygens (including phenoxy) is 1. The second-order valence-electron chi connectivity index (χ2n) is 4.28. The standard InChI is InChI=1S/C14H16N2O3/c1-9(15-14(17)16-18)10-3-4-12-8-13(19-2)6-5-11(12)7-10/h3-9,18H,1-2H3,(H2,15,16,17). The molecule has 0 aliphatic carbocycles. The molecule has 0 aliphatic rings. The second kappa shape index (κ2) is 5.58. The van der Waals surface area contributed by atoms with Gasteiger partial charge in [-0.3, -0.25) is 5.21 Å². The van der Waals surface area contributed by atoms with E-state index in [1.165, 1.54) is 0 Å². The Hall–Kier alpha value is -2.27. The van der Waals surface area contributed by atoms with Crippen LogP contribution in [0.1, 0.15) is 18.5 Å². The van der Waals surface area contributed by atoms with Crippen molar-refractivity contribution in [3.8, 4) is 5.75 Å². The molecule has 0 saturated carbocycles. The van der Waals surface area contributed by atoms with E-state index in [2.05, 4.69) is 5.32 Å². The van der Waals surface area contributed by atoms with Crippen molar-refractivity contribution in [2.75, 3.05) is 7.11 Å². The molecule has 1 unspecified atom stereocenters. The molecular weight excluding hydrogens is 244 g/mol. The molecule has 0 heterocycles. The van der Waals surface area contributed by atoms with E-state index in [0.29, 0.717) is 0 Å². The van der Waals surface area contributed by atoms with Crippen molar-refractivity contribution in [3.05, 3.63) is 42.0 Å². The molecule has 0 spiro atoms. The monoisotopic (exact) mass is 260 g/mol. The van der Waals surface area contributed by atoms with Gasteiger partial charge < -0.3 is 10.1 Å². The molecule has 2 aromatic rings. The summed E-state index contributed by atoms with van der Waals surface area (Å²) in [4.78, 5) is 11.1. The van der Waals surface area contributed by atoms with Gasteiger partial charge in [-0.25, -0.2) is 10.3 Å². The maximum atomic E-state index is 11.1. The second-order valence-corrected chi connectivity index (χ2v) is 4.28. The lowest BCUT2D eigenvalue weighted by Gasteiger charge is -2.14. The maximum absolute atomic E-state index is 11.1. The van der Waals surface area contributed by atoms with Crippen molar-refractivity contribution in [2.45, 2.75) is 13.0 Å². The van der Waals surface area contributed by atoms with Crippen LogP contribution in [0.5, 0.6) is 5.75 Å². The Morgan fingerprint density at radius 1 is 1.21 bits per heavy atom. The number of hydrogen-bond acceptors (Lipinski definition) is 3. The average molecular weight is 260 g/mol. The van der Waals surface area contributed by atoms with Crippen LogP contribution in [0.2, 0.25) is 0 Å². The van der Waals surface area contributed by atoms with Gasteiger partial charge in [-0.2, -0.15) is 0 Å². The number of carbonyl (C=O) groups excluding carboxylic acids is 1. The number of amides is 2. The van der Waals surface area contributed by atoms with E-state index in [1.807, 2.05) is 43.3 Å². The minimum Gasteiger partial charge on any atom is -0.497 e. The van der Waals surface area contributed by atoms with Crippen molar-refractivity contribution in [3.63, 3.8) is 0 Å². The average Bonchev–Trinajstić information content (AvgIpc) is 2.45. The highest BCUT2D eigenvalue weighted by Gasteiger charge is 2.09. The van der Waals surface area contributed by atoms with Gasteiger partial charge in [0.05, 0.1) is 13.2 Å². The number of benzene rings is 2. The SMILES string of the molecule is COc1ccc2cc(C(C)NC(=O)NO)ccc2c1. The van der Waals surface area contributed by atoms with E-state index in [-0.39, 0.29) is 6.04 Å². The fourth-order valence-electron chi connectivity index (χ4n) is 1.95. The van der Waals surface area contributed by atoms with Crippen molar-refractivity contribution >= 4 is 16.8 Å². The zero-order valence-electron chi connectivity index (χ0n) is 10.8. The number of carbonyl (C=O) groups is 1. The molecule has 3 N–H and O–H groups in total. The summed E-state index contributed by atoms with van der Waals surface area (Å²) in [7, 11) is 1.63. The number of urea groups is 1. The van der Waals surface area contributed by atoms with E-state index in [0.717, 1.165) is 22.1 Å². The molecule has 100 valence electrons. The lowest BCUT2D eigenvalue weighted by molar-refractivity contribution is 0.159. The highest BCUT2D eigenvalue weighted by Crippen LogP contribution is 2.24. The first-order valence-corrected chi connectivity index (χ1v) is 5.92. The van der Waals surface area contributed by atoms with Gasteiger partial charge in [0, 0.05) is 0 Å². The van der Waals surface area contributed by atoms with Crippen LogP contribution in [0.4, 0.5) is 4.79 Å². The Balaban J connectivity index is 2.28. The molecule has 5 heteroatoms. The minimum atomic E-state index is -0.623. The molecule has 2 rings (SSSR count). The van der Waals surface area contributed by atoms with Crippen LogP contribution >= 0.6 is 0 Å². The summed E-state index contributed by atoms with van der Waals surface area (Å²) < 4.78 is 5.17. The molecular formula is C14H16N2O3. The number of methoxy groups -OCH3 is 1. The van der Waals surface area contributed by atoms with Gasteiger partial charge in [0.2, 0.25) is 0 Å². The van der Waals surface area contributed by atoms with Gasteiger partial charge in [-0.1, -0.05) is 18.2 Å². The van der Waals surface area contributed by atoms with Crippen LogP contribution in [0.25, 0.3) is 10.8 Å². The van der Waals surface area contributed by atoms with Crippen LogP contribution in [0.3, 0.4) is 0 Å². The summed E-state index contributed by atoms with van der Waals surface area (Å²) in [5.41, 5.74) is 2.51. The summed E-state index contributed by atoms with van der Waals surface area (Å²) >= 11 is 0. The Morgan fingerprint density at radius 3 is 2.58 bits per heavy atom. The van der Waals surface area contributed by atoms with E-state index in [9.17, 15) is 4.79 Å². The van der Waals surface area contributed by atoms with Gasteiger partial charge in [0.15, 0.2) is 0 Å². The summed E-state index contributed by atoms with van der Waals surface area (Å²) in [5, 5.41) is 13.2. The van der Waals surface area contributed by atoms with Crippen molar-refractivity contribution in [2.24, 2.45) is 0 Å². The summed E-state index contributed by atoms with van der Waals surface area (Å²) in [6.07, 6.45) is 0. The van der Waals surface area contributed by atoms with Gasteiger partial charge >= 0.3 is 6.03 Å². The summed E-state index contributed by atoms with van der Waals surface area (Å²) in [6, 6.07) is 10.9. The molecule has 0 bridgehead atoms. The third kappa shape index (κ3) is 2.95.